The minimum absolute atomic E-state index is 0.606. The van der Waals surface area contributed by atoms with Crippen molar-refractivity contribution < 1.29 is 0 Å². The number of benzene rings is 2. The maximum Gasteiger partial charge on any atom is 0.152 e. The maximum atomic E-state index is 5.76. The number of hydrogen-bond donors (Lipinski definition) is 2. The van der Waals surface area contributed by atoms with Gasteiger partial charge in [-0.15, -0.1) is 0 Å². The topological polar surface area (TPSA) is 76.7 Å². The molecule has 0 amide bonds. The third kappa shape index (κ3) is 2.81. The first-order valence-corrected chi connectivity index (χ1v) is 8.01. The summed E-state index contributed by atoms with van der Waals surface area (Å²) in [4.78, 5) is 13.2. The van der Waals surface area contributed by atoms with Crippen molar-refractivity contribution >= 4 is 16.6 Å². The van der Waals surface area contributed by atoms with Gasteiger partial charge in [-0.05, 0) is 41.5 Å². The maximum absolute atomic E-state index is 5.76. The first-order chi connectivity index (χ1) is 12.3. The molecule has 0 radical (unpaired) electrons. The molecule has 5 heteroatoms. The summed E-state index contributed by atoms with van der Waals surface area (Å²) >= 11 is 0. The highest BCUT2D eigenvalue weighted by molar-refractivity contribution is 5.93. The van der Waals surface area contributed by atoms with Gasteiger partial charge in [0, 0.05) is 18.0 Å². The van der Waals surface area contributed by atoms with Gasteiger partial charge >= 0.3 is 0 Å². The molecular weight excluding hydrogens is 310 g/mol. The molecule has 122 valence electrons. The minimum atomic E-state index is 0.606. The monoisotopic (exact) mass is 327 g/mol. The molecule has 0 aliphatic carbocycles. The van der Waals surface area contributed by atoms with E-state index in [4.69, 9.17) is 5.84 Å². The molecule has 2 heterocycles. The number of rotatable bonds is 3. The number of aryl methyl sites for hydroxylation is 1. The molecular formula is C20H17N5. The smallest absolute Gasteiger partial charge is 0.152 e. The van der Waals surface area contributed by atoms with E-state index >= 15 is 0 Å². The molecule has 4 aromatic rings. The first kappa shape index (κ1) is 15.2. The zero-order chi connectivity index (χ0) is 17.2. The van der Waals surface area contributed by atoms with Crippen LogP contribution in [0.1, 0.15) is 5.82 Å². The van der Waals surface area contributed by atoms with Gasteiger partial charge in [0.25, 0.3) is 0 Å². The fraction of sp³-hybridized carbons (Fsp3) is 0.0500. The van der Waals surface area contributed by atoms with Crippen LogP contribution >= 0.6 is 0 Å². The summed E-state index contributed by atoms with van der Waals surface area (Å²) in [6.45, 7) is 1.86. The van der Waals surface area contributed by atoms with E-state index in [0.29, 0.717) is 11.6 Å². The van der Waals surface area contributed by atoms with Crippen molar-refractivity contribution in [1.29, 1.82) is 0 Å². The summed E-state index contributed by atoms with van der Waals surface area (Å²) in [5, 5.41) is 2.34. The first-order valence-electron chi connectivity index (χ1n) is 8.01. The minimum Gasteiger partial charge on any atom is -0.308 e. The average molecular weight is 327 g/mol. The van der Waals surface area contributed by atoms with Gasteiger partial charge in [-0.3, -0.25) is 4.98 Å². The molecule has 0 spiro atoms. The van der Waals surface area contributed by atoms with E-state index in [1.165, 1.54) is 5.39 Å². The Kier molecular flexibility index (Phi) is 3.84. The van der Waals surface area contributed by atoms with Crippen LogP contribution in [0.2, 0.25) is 0 Å². The van der Waals surface area contributed by atoms with Crippen molar-refractivity contribution in [2.24, 2.45) is 5.84 Å². The van der Waals surface area contributed by atoms with Gasteiger partial charge in [0.1, 0.15) is 5.82 Å². The summed E-state index contributed by atoms with van der Waals surface area (Å²) in [6, 6.07) is 18.4. The van der Waals surface area contributed by atoms with Crippen molar-refractivity contribution in [3.8, 4) is 22.4 Å². The Labute approximate surface area is 145 Å². The summed E-state index contributed by atoms with van der Waals surface area (Å²) in [7, 11) is 0. The SMILES string of the molecule is Cc1nc(NN)c(-c2ccc3ccccc3c2)c(-c2ccncc2)n1. The molecule has 0 saturated heterocycles. The van der Waals surface area contributed by atoms with Crippen LogP contribution in [0.4, 0.5) is 5.82 Å². The molecule has 5 nitrogen and oxygen atoms in total. The van der Waals surface area contributed by atoms with Gasteiger partial charge < -0.3 is 5.43 Å². The number of nitrogen functional groups attached to an aromatic ring is 1. The van der Waals surface area contributed by atoms with Gasteiger partial charge in [0.05, 0.1) is 11.3 Å². The van der Waals surface area contributed by atoms with Gasteiger partial charge in [0.15, 0.2) is 5.82 Å². The normalized spacial score (nSPS) is 10.8. The third-order valence-electron chi connectivity index (χ3n) is 4.15. The van der Waals surface area contributed by atoms with Crippen molar-refractivity contribution in [2.45, 2.75) is 6.92 Å². The summed E-state index contributed by atoms with van der Waals surface area (Å²) in [5.74, 6) is 7.03. The molecule has 4 rings (SSSR count). The van der Waals surface area contributed by atoms with E-state index < -0.39 is 0 Å². The van der Waals surface area contributed by atoms with E-state index in [-0.39, 0.29) is 0 Å². The van der Waals surface area contributed by atoms with E-state index in [1.54, 1.807) is 12.4 Å². The lowest BCUT2D eigenvalue weighted by molar-refractivity contribution is 1.05. The van der Waals surface area contributed by atoms with Crippen LogP contribution in [0.5, 0.6) is 0 Å². The number of nitrogens with zero attached hydrogens (tertiary/aromatic N) is 3. The second-order valence-electron chi connectivity index (χ2n) is 5.79. The van der Waals surface area contributed by atoms with Gasteiger partial charge in [-0.25, -0.2) is 15.8 Å². The second kappa shape index (κ2) is 6.30. The number of pyridine rings is 1. The number of nitrogens with two attached hydrogens (primary N) is 1. The molecule has 2 aromatic heterocycles. The van der Waals surface area contributed by atoms with Crippen molar-refractivity contribution in [2.75, 3.05) is 5.43 Å². The Morgan fingerprint density at radius 1 is 0.840 bits per heavy atom. The molecule has 3 N–H and O–H groups in total. The van der Waals surface area contributed by atoms with Crippen LogP contribution in [0.3, 0.4) is 0 Å². The molecule has 25 heavy (non-hydrogen) atoms. The highest BCUT2D eigenvalue weighted by Crippen LogP contribution is 2.36. The Morgan fingerprint density at radius 3 is 2.36 bits per heavy atom. The van der Waals surface area contributed by atoms with E-state index in [9.17, 15) is 0 Å². The van der Waals surface area contributed by atoms with Crippen LogP contribution in [-0.2, 0) is 0 Å². The summed E-state index contributed by atoms with van der Waals surface area (Å²) in [5.41, 5.74) is 6.42. The van der Waals surface area contributed by atoms with Crippen LogP contribution in [0, 0.1) is 6.92 Å². The number of hydrogen-bond acceptors (Lipinski definition) is 5. The van der Waals surface area contributed by atoms with Crippen molar-refractivity contribution in [1.82, 2.24) is 15.0 Å². The van der Waals surface area contributed by atoms with Crippen LogP contribution < -0.4 is 11.3 Å². The van der Waals surface area contributed by atoms with E-state index in [2.05, 4.69) is 50.7 Å². The van der Waals surface area contributed by atoms with E-state index in [0.717, 1.165) is 27.8 Å². The zero-order valence-electron chi connectivity index (χ0n) is 13.8. The summed E-state index contributed by atoms with van der Waals surface area (Å²) in [6.07, 6.45) is 3.51. The highest BCUT2D eigenvalue weighted by atomic mass is 15.3. The number of anilines is 1. The number of fused-ring (bicyclic) bond motifs is 1. The standard InChI is InChI=1S/C20H17N5/c1-13-23-19(15-8-10-22-11-9-15)18(20(24-13)25-21)17-7-6-14-4-2-3-5-16(14)12-17/h2-12H,21H2,1H3,(H,23,24,25). The zero-order valence-corrected chi connectivity index (χ0v) is 13.8. The lowest BCUT2D eigenvalue weighted by atomic mass is 9.97. The predicted molar refractivity (Wildman–Crippen MR) is 101 cm³/mol. The second-order valence-corrected chi connectivity index (χ2v) is 5.79. The molecule has 0 fully saturated rings. The van der Waals surface area contributed by atoms with Crippen LogP contribution in [0.25, 0.3) is 33.2 Å². The van der Waals surface area contributed by atoms with Crippen molar-refractivity contribution in [3.63, 3.8) is 0 Å². The van der Waals surface area contributed by atoms with Crippen LogP contribution in [-0.4, -0.2) is 15.0 Å². The van der Waals surface area contributed by atoms with E-state index in [1.807, 2.05) is 31.2 Å². The average Bonchev–Trinajstić information content (AvgIpc) is 2.67. The number of nitrogens with one attached hydrogen (secondary N) is 1. The summed E-state index contributed by atoms with van der Waals surface area (Å²) < 4.78 is 0. The number of hydrazine groups is 1. The Morgan fingerprint density at radius 2 is 1.60 bits per heavy atom. The van der Waals surface area contributed by atoms with Crippen molar-refractivity contribution in [3.05, 3.63) is 72.8 Å². The molecule has 0 aliphatic rings. The Hall–Kier alpha value is -3.31. The molecule has 0 aliphatic heterocycles. The third-order valence-corrected chi connectivity index (χ3v) is 4.15. The molecule has 2 aromatic carbocycles. The Balaban J connectivity index is 2.01. The lowest BCUT2D eigenvalue weighted by Gasteiger charge is -2.15. The van der Waals surface area contributed by atoms with Crippen LogP contribution in [0.15, 0.2) is 67.0 Å². The highest BCUT2D eigenvalue weighted by Gasteiger charge is 2.16. The Bertz CT molecular complexity index is 1040. The molecule has 0 saturated carbocycles. The predicted octanol–water partition coefficient (Wildman–Crippen LogP) is 3.95. The van der Waals surface area contributed by atoms with Gasteiger partial charge in [-0.2, -0.15) is 0 Å². The van der Waals surface area contributed by atoms with Gasteiger partial charge in [0.2, 0.25) is 0 Å². The molecule has 0 unspecified atom stereocenters. The van der Waals surface area contributed by atoms with Gasteiger partial charge in [-0.1, -0.05) is 36.4 Å². The lowest BCUT2D eigenvalue weighted by Crippen LogP contribution is -2.12. The number of aromatic nitrogens is 3. The molecule has 0 bridgehead atoms. The fourth-order valence-corrected chi connectivity index (χ4v) is 3.01. The molecule has 0 atom stereocenters. The quantitative estimate of drug-likeness (QED) is 0.440. The fourth-order valence-electron chi connectivity index (χ4n) is 3.01. The largest absolute Gasteiger partial charge is 0.308 e.